The lowest BCUT2D eigenvalue weighted by molar-refractivity contribution is 0.0932. The first-order chi connectivity index (χ1) is 18.2. The van der Waals surface area contributed by atoms with Crippen LogP contribution in [-0.2, 0) is 0 Å². The highest BCUT2D eigenvalue weighted by Crippen LogP contribution is 2.34. The maximum absolute atomic E-state index is 12.7. The average Bonchev–Trinajstić information content (AvgIpc) is 3.66. The molecule has 0 unspecified atom stereocenters. The summed E-state index contributed by atoms with van der Waals surface area (Å²) in [6, 6.07) is 18.3. The van der Waals surface area contributed by atoms with Gasteiger partial charge in [-0.2, -0.15) is 5.10 Å². The minimum Gasteiger partial charge on any atom is -0.352 e. The number of H-pyrrole nitrogens is 2. The minimum absolute atomic E-state index is 0.198. The smallest absolute Gasteiger partial charge is 0.179 e. The summed E-state index contributed by atoms with van der Waals surface area (Å²) in [5.74, 6) is 2.16. The van der Waals surface area contributed by atoms with Gasteiger partial charge >= 0.3 is 0 Å². The van der Waals surface area contributed by atoms with E-state index in [1.54, 1.807) is 11.3 Å². The molecule has 1 fully saturated rings. The molecule has 0 radical (unpaired) electrons. The zero-order valence-electron chi connectivity index (χ0n) is 20.0. The first kappa shape index (κ1) is 21.9. The molecule has 8 heteroatoms. The van der Waals surface area contributed by atoms with Gasteiger partial charge < -0.3 is 10.3 Å². The second-order valence-electron chi connectivity index (χ2n) is 9.63. The topological polar surface area (TPSA) is 99.3 Å². The Morgan fingerprint density at radius 3 is 2.65 bits per heavy atom. The summed E-state index contributed by atoms with van der Waals surface area (Å²) < 4.78 is 1.01. The van der Waals surface area contributed by atoms with Gasteiger partial charge in [0, 0.05) is 40.3 Å². The number of anilines is 2. The lowest BCUT2D eigenvalue weighted by atomic mass is 9.81. The minimum atomic E-state index is 0.198. The fraction of sp³-hybridized carbons (Fsp3) is 0.172. The van der Waals surface area contributed by atoms with E-state index >= 15 is 0 Å². The Hall–Kier alpha value is -4.30. The van der Waals surface area contributed by atoms with Crippen LogP contribution < -0.4 is 5.32 Å². The van der Waals surface area contributed by atoms with E-state index in [0.29, 0.717) is 23.9 Å². The van der Waals surface area contributed by atoms with Crippen molar-refractivity contribution in [1.82, 2.24) is 25.1 Å². The molecule has 7 nitrogen and oxygen atoms in total. The summed E-state index contributed by atoms with van der Waals surface area (Å²) >= 11 is 1.62. The first-order valence-electron chi connectivity index (χ1n) is 12.5. The Balaban J connectivity index is 1.20. The predicted octanol–water partition coefficient (Wildman–Crippen LogP) is 7.35. The van der Waals surface area contributed by atoms with Crippen LogP contribution in [0.3, 0.4) is 0 Å². The molecular formula is C29H24N6OS. The highest BCUT2D eigenvalue weighted by atomic mass is 32.1. The monoisotopic (exact) mass is 504 g/mol. The van der Waals surface area contributed by atoms with Crippen molar-refractivity contribution in [2.45, 2.75) is 25.7 Å². The van der Waals surface area contributed by atoms with E-state index in [4.69, 9.17) is 9.97 Å². The molecule has 3 N–H and O–H groups in total. The zero-order valence-corrected chi connectivity index (χ0v) is 20.8. The molecule has 0 atom stereocenters. The normalized spacial score (nSPS) is 13.7. The number of hydrogen-bond donors (Lipinski definition) is 3. The third-order valence-corrected chi connectivity index (χ3v) is 8.07. The van der Waals surface area contributed by atoms with Gasteiger partial charge in [-0.1, -0.05) is 43.5 Å². The molecular weight excluding hydrogens is 480 g/mol. The number of nitrogens with zero attached hydrogens (tertiary/aromatic N) is 3. The second-order valence-corrected chi connectivity index (χ2v) is 10.5. The molecule has 6 aromatic rings. The molecule has 4 aromatic heterocycles. The van der Waals surface area contributed by atoms with Crippen molar-refractivity contribution in [3.8, 4) is 22.5 Å². The number of ketones is 1. The van der Waals surface area contributed by atoms with Crippen molar-refractivity contribution in [3.63, 3.8) is 0 Å². The van der Waals surface area contributed by atoms with Gasteiger partial charge in [0.1, 0.15) is 0 Å². The molecule has 7 rings (SSSR count). The van der Waals surface area contributed by atoms with E-state index in [-0.39, 0.29) is 5.78 Å². The fourth-order valence-corrected chi connectivity index (χ4v) is 5.63. The second kappa shape index (κ2) is 8.97. The van der Waals surface area contributed by atoms with Crippen LogP contribution in [0, 0.1) is 5.92 Å². The predicted molar refractivity (Wildman–Crippen MR) is 148 cm³/mol. The van der Waals surface area contributed by atoms with E-state index in [9.17, 15) is 4.79 Å². The van der Waals surface area contributed by atoms with Crippen LogP contribution in [0.25, 0.3) is 43.6 Å². The number of benzene rings is 2. The van der Waals surface area contributed by atoms with E-state index in [0.717, 1.165) is 49.3 Å². The highest BCUT2D eigenvalue weighted by Gasteiger charge is 2.22. The maximum atomic E-state index is 12.7. The third-order valence-electron chi connectivity index (χ3n) is 7.16. The van der Waals surface area contributed by atoms with Gasteiger partial charge in [-0.3, -0.25) is 9.89 Å². The molecule has 0 amide bonds. The van der Waals surface area contributed by atoms with Gasteiger partial charge in [0.05, 0.1) is 22.1 Å². The van der Waals surface area contributed by atoms with Crippen molar-refractivity contribution in [2.24, 2.45) is 5.92 Å². The third kappa shape index (κ3) is 4.19. The summed E-state index contributed by atoms with van der Waals surface area (Å²) in [6.07, 6.45) is 7.91. The van der Waals surface area contributed by atoms with Crippen LogP contribution >= 0.6 is 11.3 Å². The van der Waals surface area contributed by atoms with Gasteiger partial charge in [0.15, 0.2) is 17.4 Å². The van der Waals surface area contributed by atoms with Crippen molar-refractivity contribution >= 4 is 49.7 Å². The summed E-state index contributed by atoms with van der Waals surface area (Å²) in [5, 5.41) is 13.4. The summed E-state index contributed by atoms with van der Waals surface area (Å²) in [7, 11) is 0. The molecule has 0 spiro atoms. The van der Waals surface area contributed by atoms with Gasteiger partial charge in [-0.05, 0) is 47.2 Å². The van der Waals surface area contributed by atoms with Crippen LogP contribution in [0.2, 0.25) is 0 Å². The average molecular weight is 505 g/mol. The molecule has 4 heterocycles. The molecule has 0 saturated heterocycles. The van der Waals surface area contributed by atoms with Crippen molar-refractivity contribution < 1.29 is 4.79 Å². The van der Waals surface area contributed by atoms with Crippen molar-refractivity contribution in [2.75, 3.05) is 5.32 Å². The largest absolute Gasteiger partial charge is 0.352 e. The number of aromatic amines is 2. The lowest BCUT2D eigenvalue weighted by Crippen LogP contribution is -2.16. The quantitative estimate of drug-likeness (QED) is 0.197. The van der Waals surface area contributed by atoms with Crippen molar-refractivity contribution in [1.29, 1.82) is 0 Å². The number of hydrogen-bond acceptors (Lipinski definition) is 6. The zero-order chi connectivity index (χ0) is 24.8. The Morgan fingerprint density at radius 1 is 1.00 bits per heavy atom. The fourth-order valence-electron chi connectivity index (χ4n) is 4.85. The molecule has 37 heavy (non-hydrogen) atoms. The summed E-state index contributed by atoms with van der Waals surface area (Å²) in [4.78, 5) is 25.8. The van der Waals surface area contributed by atoms with E-state index in [1.165, 1.54) is 19.3 Å². The molecule has 1 aliphatic carbocycles. The van der Waals surface area contributed by atoms with Gasteiger partial charge in [0.2, 0.25) is 0 Å². The van der Waals surface area contributed by atoms with Crippen LogP contribution in [0.5, 0.6) is 0 Å². The number of fused-ring (bicyclic) bond motifs is 2. The molecule has 2 aromatic carbocycles. The lowest BCUT2D eigenvalue weighted by Gasteiger charge is -2.23. The van der Waals surface area contributed by atoms with Crippen molar-refractivity contribution in [3.05, 3.63) is 78.1 Å². The van der Waals surface area contributed by atoms with Crippen LogP contribution in [0.15, 0.2) is 72.4 Å². The van der Waals surface area contributed by atoms with Crippen LogP contribution in [0.1, 0.15) is 36.2 Å². The van der Waals surface area contributed by atoms with E-state index in [1.807, 2.05) is 60.2 Å². The Bertz CT molecular complexity index is 1730. The Kier molecular flexibility index (Phi) is 5.32. The standard InChI is InChI=1S/C29H24N6OS/c36-26(12-17-2-1-3-17)25-13-19-4-5-20(14-24(19)33-25)28-34-23-10-11-37-27(23)29(35-28)32-22-8-6-18(7-9-22)21-15-30-31-16-21/h4-11,13-17,33H,1-3,12H2,(H,30,31)(H,32,34,35). The molecule has 0 aliphatic heterocycles. The molecule has 0 bridgehead atoms. The van der Waals surface area contributed by atoms with Gasteiger partial charge in [-0.15, -0.1) is 11.3 Å². The number of carbonyl (C=O) groups is 1. The number of rotatable bonds is 7. The summed E-state index contributed by atoms with van der Waals surface area (Å²) in [6.45, 7) is 0. The van der Waals surface area contributed by atoms with Crippen LogP contribution in [-0.4, -0.2) is 30.9 Å². The number of Topliss-reactive ketones (excluding diaryl/α,β-unsaturated/α-hetero) is 1. The Labute approximate surface area is 217 Å². The summed E-state index contributed by atoms with van der Waals surface area (Å²) in [5.41, 5.74) is 6.50. The number of nitrogens with one attached hydrogen (secondary N) is 3. The van der Waals surface area contributed by atoms with E-state index in [2.05, 4.69) is 32.6 Å². The Morgan fingerprint density at radius 2 is 1.86 bits per heavy atom. The highest BCUT2D eigenvalue weighted by molar-refractivity contribution is 7.17. The first-order valence-corrected chi connectivity index (χ1v) is 13.4. The number of thiophene rings is 1. The van der Waals surface area contributed by atoms with Gasteiger partial charge in [0.25, 0.3) is 0 Å². The molecule has 1 saturated carbocycles. The van der Waals surface area contributed by atoms with E-state index < -0.39 is 0 Å². The molecule has 182 valence electrons. The van der Waals surface area contributed by atoms with Gasteiger partial charge in [-0.25, -0.2) is 9.97 Å². The SMILES string of the molecule is O=C(CC1CCC1)c1cc2ccc(-c3nc(Nc4ccc(-c5cn[nH]c5)cc4)c4sccc4n3)cc2[nH]1. The number of carbonyl (C=O) groups excluding carboxylic acids is 1. The maximum Gasteiger partial charge on any atom is 0.179 e. The number of aromatic nitrogens is 5. The molecule has 1 aliphatic rings. The van der Waals surface area contributed by atoms with Crippen LogP contribution in [0.4, 0.5) is 11.5 Å².